The van der Waals surface area contributed by atoms with Crippen LogP contribution in [-0.2, 0) is 17.6 Å². The van der Waals surface area contributed by atoms with Gasteiger partial charge in [-0.05, 0) is 49.3 Å². The summed E-state index contributed by atoms with van der Waals surface area (Å²) in [6.45, 7) is 3.75. The van der Waals surface area contributed by atoms with Gasteiger partial charge in [0.2, 0.25) is 0 Å². The van der Waals surface area contributed by atoms with Gasteiger partial charge in [-0.2, -0.15) is 0 Å². The van der Waals surface area contributed by atoms with Gasteiger partial charge in [0.05, 0.1) is 18.5 Å². The summed E-state index contributed by atoms with van der Waals surface area (Å²) < 4.78 is 12.0. The van der Waals surface area contributed by atoms with Crippen LogP contribution in [0.25, 0.3) is 11.2 Å². The van der Waals surface area contributed by atoms with Crippen molar-refractivity contribution in [3.63, 3.8) is 0 Å². The number of ether oxygens (including phenoxy) is 2. The molecule has 0 radical (unpaired) electrons. The third kappa shape index (κ3) is 3.51. The van der Waals surface area contributed by atoms with Gasteiger partial charge in [-0.1, -0.05) is 12.1 Å². The van der Waals surface area contributed by atoms with Gasteiger partial charge in [0, 0.05) is 32.8 Å². The summed E-state index contributed by atoms with van der Waals surface area (Å²) in [5.41, 5.74) is 4.46. The molecule has 0 saturated carbocycles. The van der Waals surface area contributed by atoms with Crippen LogP contribution in [0.1, 0.15) is 30.4 Å². The fraction of sp³-hybridized carbons (Fsp3) is 0.542. The van der Waals surface area contributed by atoms with Crippen LogP contribution in [0.4, 0.5) is 5.82 Å². The molecule has 8 nitrogen and oxygen atoms in total. The van der Waals surface area contributed by atoms with E-state index in [1.54, 1.807) is 12.7 Å². The summed E-state index contributed by atoms with van der Waals surface area (Å²) in [5, 5.41) is 0. The summed E-state index contributed by atoms with van der Waals surface area (Å²) in [6, 6.07) is 7.45. The minimum atomic E-state index is 0.296. The number of benzene rings is 1. The molecule has 1 N–H and O–H groups in total. The molecule has 168 valence electrons. The van der Waals surface area contributed by atoms with E-state index < -0.39 is 0 Å². The molecule has 32 heavy (non-hydrogen) atoms. The minimum absolute atomic E-state index is 0.296. The van der Waals surface area contributed by atoms with Crippen LogP contribution in [0.15, 0.2) is 30.9 Å². The SMILES string of the molecule is COC1CN(C2CCc3cccc(OC[C@H]4CCCN4c4ncnc5nc[nH]c45)c3C2)C1. The molecule has 1 aromatic carbocycles. The average molecular weight is 435 g/mol. The van der Waals surface area contributed by atoms with E-state index in [0.717, 1.165) is 62.4 Å². The first-order valence-electron chi connectivity index (χ1n) is 11.7. The van der Waals surface area contributed by atoms with Gasteiger partial charge in [0.25, 0.3) is 0 Å². The van der Waals surface area contributed by atoms with Gasteiger partial charge < -0.3 is 19.4 Å². The number of rotatable bonds is 6. The van der Waals surface area contributed by atoms with Gasteiger partial charge in [0.1, 0.15) is 24.2 Å². The summed E-state index contributed by atoms with van der Waals surface area (Å²) >= 11 is 0. The molecule has 8 heteroatoms. The van der Waals surface area contributed by atoms with E-state index in [4.69, 9.17) is 9.47 Å². The number of likely N-dealkylation sites (tertiary alicyclic amines) is 1. The molecule has 0 amide bonds. The summed E-state index contributed by atoms with van der Waals surface area (Å²) in [6.07, 6.45) is 9.34. The Morgan fingerprint density at radius 3 is 3.00 bits per heavy atom. The van der Waals surface area contributed by atoms with E-state index in [1.165, 1.54) is 17.5 Å². The fourth-order valence-electron chi connectivity index (χ4n) is 5.54. The molecular formula is C24H30N6O2. The number of anilines is 1. The highest BCUT2D eigenvalue weighted by molar-refractivity contribution is 5.83. The molecule has 2 aromatic heterocycles. The number of aromatic nitrogens is 4. The highest BCUT2D eigenvalue weighted by atomic mass is 16.5. The molecule has 1 unspecified atom stereocenters. The van der Waals surface area contributed by atoms with Crippen molar-refractivity contribution in [2.45, 2.75) is 50.3 Å². The summed E-state index contributed by atoms with van der Waals surface area (Å²) in [4.78, 5) is 21.2. The zero-order valence-electron chi connectivity index (χ0n) is 18.5. The maximum Gasteiger partial charge on any atom is 0.182 e. The van der Waals surface area contributed by atoms with Crippen LogP contribution in [0.2, 0.25) is 0 Å². The number of H-pyrrole nitrogens is 1. The van der Waals surface area contributed by atoms with E-state index in [9.17, 15) is 0 Å². The predicted molar refractivity (Wildman–Crippen MR) is 122 cm³/mol. The fourth-order valence-corrected chi connectivity index (χ4v) is 5.54. The Hall–Kier alpha value is -2.71. The Morgan fingerprint density at radius 2 is 2.09 bits per heavy atom. The lowest BCUT2D eigenvalue weighted by atomic mass is 9.85. The maximum absolute atomic E-state index is 6.50. The Balaban J connectivity index is 1.17. The number of fused-ring (bicyclic) bond motifs is 2. The largest absolute Gasteiger partial charge is 0.491 e. The van der Waals surface area contributed by atoms with Crippen molar-refractivity contribution >= 4 is 17.0 Å². The van der Waals surface area contributed by atoms with Gasteiger partial charge in [-0.25, -0.2) is 15.0 Å². The molecule has 2 saturated heterocycles. The van der Waals surface area contributed by atoms with Crippen LogP contribution >= 0.6 is 0 Å². The quantitative estimate of drug-likeness (QED) is 0.639. The number of aryl methyl sites for hydroxylation is 1. The lowest BCUT2D eigenvalue weighted by Gasteiger charge is -2.45. The average Bonchev–Trinajstić information content (AvgIpc) is 3.46. The Kier molecular flexibility index (Phi) is 5.19. The number of imidazole rings is 1. The number of hydrogen-bond donors (Lipinski definition) is 1. The number of aromatic amines is 1. The summed E-state index contributed by atoms with van der Waals surface area (Å²) in [5.74, 6) is 1.98. The first-order valence-corrected chi connectivity index (χ1v) is 11.7. The Morgan fingerprint density at radius 1 is 1.16 bits per heavy atom. The van der Waals surface area contributed by atoms with Gasteiger partial charge in [0.15, 0.2) is 11.5 Å². The predicted octanol–water partition coefficient (Wildman–Crippen LogP) is 2.59. The minimum Gasteiger partial charge on any atom is -0.491 e. The van der Waals surface area contributed by atoms with E-state index in [-0.39, 0.29) is 0 Å². The molecule has 0 bridgehead atoms. The van der Waals surface area contributed by atoms with Crippen molar-refractivity contribution in [3.8, 4) is 5.75 Å². The first kappa shape index (κ1) is 19.9. The van der Waals surface area contributed by atoms with E-state index in [0.29, 0.717) is 30.4 Å². The van der Waals surface area contributed by atoms with E-state index in [1.807, 2.05) is 7.11 Å². The zero-order valence-corrected chi connectivity index (χ0v) is 18.5. The number of methoxy groups -OCH3 is 1. The van der Waals surface area contributed by atoms with Crippen molar-refractivity contribution in [2.75, 3.05) is 38.3 Å². The number of nitrogens with zero attached hydrogens (tertiary/aromatic N) is 5. The lowest BCUT2D eigenvalue weighted by molar-refractivity contribution is -0.0530. The smallest absolute Gasteiger partial charge is 0.182 e. The molecular weight excluding hydrogens is 404 g/mol. The van der Waals surface area contributed by atoms with Crippen LogP contribution in [0.3, 0.4) is 0 Å². The molecule has 2 fully saturated rings. The second-order valence-electron chi connectivity index (χ2n) is 9.20. The van der Waals surface area contributed by atoms with Crippen LogP contribution in [-0.4, -0.2) is 76.4 Å². The monoisotopic (exact) mass is 434 g/mol. The maximum atomic E-state index is 6.50. The van der Waals surface area contributed by atoms with E-state index in [2.05, 4.69) is 47.9 Å². The third-order valence-electron chi connectivity index (χ3n) is 7.43. The van der Waals surface area contributed by atoms with Crippen molar-refractivity contribution in [1.29, 1.82) is 0 Å². The van der Waals surface area contributed by atoms with Crippen molar-refractivity contribution in [3.05, 3.63) is 42.0 Å². The van der Waals surface area contributed by atoms with Crippen molar-refractivity contribution < 1.29 is 9.47 Å². The van der Waals surface area contributed by atoms with Crippen LogP contribution in [0, 0.1) is 0 Å². The molecule has 0 spiro atoms. The second-order valence-corrected chi connectivity index (χ2v) is 9.20. The number of hydrogen-bond acceptors (Lipinski definition) is 7. The topological polar surface area (TPSA) is 79.4 Å². The normalized spacial score (nSPS) is 24.0. The van der Waals surface area contributed by atoms with Crippen molar-refractivity contribution in [2.24, 2.45) is 0 Å². The lowest BCUT2D eigenvalue weighted by Crippen LogP contribution is -2.57. The van der Waals surface area contributed by atoms with Gasteiger partial charge >= 0.3 is 0 Å². The molecule has 3 aliphatic rings. The summed E-state index contributed by atoms with van der Waals surface area (Å²) in [7, 11) is 1.81. The van der Waals surface area contributed by atoms with Gasteiger partial charge in [-0.15, -0.1) is 0 Å². The third-order valence-corrected chi connectivity index (χ3v) is 7.43. The van der Waals surface area contributed by atoms with Crippen LogP contribution < -0.4 is 9.64 Å². The zero-order chi connectivity index (χ0) is 21.5. The second kappa shape index (κ2) is 8.33. The standard InChI is InChI=1S/C24H30N6O2/c1-31-19-11-29(12-19)17-8-7-16-4-2-6-21(20(16)10-17)32-13-18-5-3-9-30(18)24-22-23(26-14-25-22)27-15-28-24/h2,4,6,14-15,17-19H,3,5,7-13H2,1H3,(H,25,26,27,28)/t17?,18-/m1/s1. The molecule has 2 atom stereocenters. The molecule has 4 heterocycles. The highest BCUT2D eigenvalue weighted by Crippen LogP contribution is 2.34. The molecule has 6 rings (SSSR count). The van der Waals surface area contributed by atoms with Crippen molar-refractivity contribution in [1.82, 2.24) is 24.8 Å². The Bertz CT molecular complexity index is 1100. The molecule has 1 aliphatic carbocycles. The van der Waals surface area contributed by atoms with Crippen LogP contribution in [0.5, 0.6) is 5.75 Å². The molecule has 2 aliphatic heterocycles. The first-order chi connectivity index (χ1) is 15.8. The Labute approximate surface area is 188 Å². The number of nitrogens with one attached hydrogen (secondary N) is 1. The van der Waals surface area contributed by atoms with Gasteiger partial charge in [-0.3, -0.25) is 4.90 Å². The van der Waals surface area contributed by atoms with E-state index >= 15 is 0 Å². The highest BCUT2D eigenvalue weighted by Gasteiger charge is 2.35. The molecule has 3 aromatic rings.